The van der Waals surface area contributed by atoms with Crippen molar-refractivity contribution in [2.45, 2.75) is 118 Å². The smallest absolute Gasteiger partial charge is 0.335 e. The molecule has 2 rings (SSSR count). The lowest BCUT2D eigenvalue weighted by Gasteiger charge is -2.32. The van der Waals surface area contributed by atoms with Crippen LogP contribution in [0.2, 0.25) is 0 Å². The molecular weight excluding hydrogens is 444 g/mol. The molecule has 1 atom stereocenters. The predicted octanol–water partition coefficient (Wildman–Crippen LogP) is 8.83. The van der Waals surface area contributed by atoms with Crippen molar-refractivity contribution in [3.8, 4) is 11.5 Å². The van der Waals surface area contributed by atoms with Crippen LogP contribution in [0.3, 0.4) is 0 Å². The maximum absolute atomic E-state index is 12.5. The van der Waals surface area contributed by atoms with E-state index < -0.39 is 5.97 Å². The average molecular weight is 493 g/mol. The molecule has 0 aliphatic carbocycles. The van der Waals surface area contributed by atoms with E-state index in [-0.39, 0.29) is 27.6 Å². The van der Waals surface area contributed by atoms with E-state index >= 15 is 0 Å². The summed E-state index contributed by atoms with van der Waals surface area (Å²) in [6.07, 6.45) is 1.20. The third-order valence-corrected chi connectivity index (χ3v) is 6.91. The molecule has 3 nitrogen and oxygen atoms in total. The summed E-state index contributed by atoms with van der Waals surface area (Å²) in [7, 11) is 0. The van der Waals surface area contributed by atoms with Gasteiger partial charge in [-0.2, -0.15) is 0 Å². The van der Waals surface area contributed by atoms with Crippen molar-refractivity contribution < 1.29 is 14.6 Å². The van der Waals surface area contributed by atoms with Gasteiger partial charge in [-0.15, -0.1) is 0 Å². The van der Waals surface area contributed by atoms with Crippen molar-refractivity contribution in [3.05, 3.63) is 70.3 Å². The minimum absolute atomic E-state index is 0.0931. The highest BCUT2D eigenvalue weighted by atomic mass is 16.5. The predicted molar refractivity (Wildman–Crippen MR) is 153 cm³/mol. The van der Waals surface area contributed by atoms with Crippen molar-refractivity contribution >= 4 is 5.97 Å². The summed E-state index contributed by atoms with van der Waals surface area (Å²) >= 11 is 0. The molecule has 36 heavy (non-hydrogen) atoms. The van der Waals surface area contributed by atoms with Gasteiger partial charge in [0, 0.05) is 28.7 Å². The van der Waals surface area contributed by atoms with Crippen LogP contribution in [0.5, 0.6) is 11.5 Å². The molecular formula is C33H48O3. The monoisotopic (exact) mass is 492 g/mol. The molecule has 0 bridgehead atoms. The average Bonchev–Trinajstić information content (AvgIpc) is 2.69. The topological polar surface area (TPSA) is 46.5 Å². The molecule has 1 N–H and O–H groups in total. The van der Waals surface area contributed by atoms with Gasteiger partial charge in [0.05, 0.1) is 0 Å². The van der Waals surface area contributed by atoms with E-state index in [0.29, 0.717) is 11.5 Å². The highest BCUT2D eigenvalue weighted by Crippen LogP contribution is 2.47. The van der Waals surface area contributed by atoms with E-state index in [4.69, 9.17) is 4.74 Å². The summed E-state index contributed by atoms with van der Waals surface area (Å²) in [6.45, 7) is 31.6. The van der Waals surface area contributed by atoms with Crippen LogP contribution in [0.4, 0.5) is 0 Å². The van der Waals surface area contributed by atoms with Gasteiger partial charge < -0.3 is 9.84 Å². The summed E-state index contributed by atoms with van der Waals surface area (Å²) < 4.78 is 5.96. The van der Waals surface area contributed by atoms with Crippen molar-refractivity contribution in [3.63, 3.8) is 0 Å². The fourth-order valence-electron chi connectivity index (χ4n) is 4.38. The van der Waals surface area contributed by atoms with Crippen molar-refractivity contribution in [2.24, 2.45) is 0 Å². The Hall–Kier alpha value is -2.55. The number of carbonyl (C=O) groups excluding carboxylic acids is 1. The van der Waals surface area contributed by atoms with Gasteiger partial charge in [-0.25, -0.2) is 4.79 Å². The quantitative estimate of drug-likeness (QED) is 0.263. The van der Waals surface area contributed by atoms with Crippen molar-refractivity contribution in [2.75, 3.05) is 0 Å². The second-order valence-electron chi connectivity index (χ2n) is 14.3. The molecule has 0 fully saturated rings. The first kappa shape index (κ1) is 29.7. The van der Waals surface area contributed by atoms with Gasteiger partial charge >= 0.3 is 5.97 Å². The van der Waals surface area contributed by atoms with Gasteiger partial charge in [-0.3, -0.25) is 0 Å². The Kier molecular flexibility index (Phi) is 8.02. The van der Waals surface area contributed by atoms with Crippen molar-refractivity contribution in [1.29, 1.82) is 0 Å². The Labute approximate surface area is 220 Å². The molecule has 0 saturated heterocycles. The van der Waals surface area contributed by atoms with Gasteiger partial charge in [-0.05, 0) is 38.4 Å². The molecule has 0 saturated carbocycles. The summed E-state index contributed by atoms with van der Waals surface area (Å²) in [5.74, 6) is 0.165. The van der Waals surface area contributed by atoms with Crippen LogP contribution in [-0.2, 0) is 26.5 Å². The van der Waals surface area contributed by atoms with Crippen LogP contribution in [0.1, 0.15) is 129 Å². The van der Waals surface area contributed by atoms with Crippen LogP contribution in [-0.4, -0.2) is 11.1 Å². The number of ether oxygens (including phenoxy) is 1. The van der Waals surface area contributed by atoms with Gasteiger partial charge in [0.25, 0.3) is 0 Å². The lowest BCUT2D eigenvalue weighted by molar-refractivity contribution is -0.129. The maximum Gasteiger partial charge on any atom is 0.335 e. The lowest BCUT2D eigenvalue weighted by Crippen LogP contribution is -2.22. The molecule has 0 spiro atoms. The zero-order valence-electron chi connectivity index (χ0n) is 24.9. The van der Waals surface area contributed by atoms with Crippen LogP contribution < -0.4 is 4.74 Å². The Morgan fingerprint density at radius 3 is 1.56 bits per heavy atom. The van der Waals surface area contributed by atoms with E-state index in [9.17, 15) is 9.90 Å². The number of hydrogen-bond acceptors (Lipinski definition) is 3. The van der Waals surface area contributed by atoms with Gasteiger partial charge in [0.15, 0.2) is 0 Å². The molecule has 2 aromatic rings. The Morgan fingerprint density at radius 1 is 0.750 bits per heavy atom. The normalized spacial score (nSPS) is 13.9. The molecule has 0 radical (unpaired) electrons. The highest BCUT2D eigenvalue weighted by molar-refractivity contribution is 5.84. The molecule has 0 heterocycles. The van der Waals surface area contributed by atoms with E-state index in [2.05, 4.69) is 121 Å². The first-order valence-corrected chi connectivity index (χ1v) is 13.0. The zero-order chi connectivity index (χ0) is 28.0. The van der Waals surface area contributed by atoms with E-state index in [1.165, 1.54) is 11.6 Å². The van der Waals surface area contributed by atoms with Crippen LogP contribution in [0.15, 0.2) is 36.9 Å². The number of phenols is 1. The number of carbonyl (C=O) groups is 1. The fourth-order valence-corrected chi connectivity index (χ4v) is 4.38. The first-order valence-electron chi connectivity index (χ1n) is 13.0. The molecule has 0 aliphatic rings. The summed E-state index contributed by atoms with van der Waals surface area (Å²) in [5.41, 5.74) is 5.25. The molecule has 1 unspecified atom stereocenters. The van der Waals surface area contributed by atoms with Gasteiger partial charge in [-0.1, -0.05) is 121 Å². The number of rotatable bonds is 4. The summed E-state index contributed by atoms with van der Waals surface area (Å²) in [6, 6.07) is 8.56. The largest absolute Gasteiger partial charge is 0.507 e. The first-order chi connectivity index (χ1) is 16.1. The Balaban J connectivity index is 3.02. The molecule has 0 aliphatic heterocycles. The molecule has 2 aromatic carbocycles. The zero-order valence-corrected chi connectivity index (χ0v) is 24.9. The minimum atomic E-state index is -0.486. The van der Waals surface area contributed by atoms with Gasteiger partial charge in [0.1, 0.15) is 11.5 Å². The number of hydrogen-bond donors (Lipinski definition) is 1. The Bertz CT molecular complexity index is 1140. The van der Waals surface area contributed by atoms with Gasteiger partial charge in [0.2, 0.25) is 0 Å². The third-order valence-electron chi connectivity index (χ3n) is 6.91. The van der Waals surface area contributed by atoms with Crippen LogP contribution in [0, 0.1) is 0 Å². The second kappa shape index (κ2) is 9.72. The highest BCUT2D eigenvalue weighted by Gasteiger charge is 2.32. The summed E-state index contributed by atoms with van der Waals surface area (Å²) in [5, 5.41) is 11.6. The fraction of sp³-hybridized carbons (Fsp3) is 0.545. The van der Waals surface area contributed by atoms with Crippen LogP contribution in [0.25, 0.3) is 0 Å². The minimum Gasteiger partial charge on any atom is -0.507 e. The molecule has 3 heteroatoms. The van der Waals surface area contributed by atoms with E-state index in [1.807, 2.05) is 0 Å². The molecule has 0 amide bonds. The second-order valence-corrected chi connectivity index (χ2v) is 14.3. The molecule has 0 aromatic heterocycles. The number of aromatic hydroxyl groups is 1. The number of esters is 1. The van der Waals surface area contributed by atoms with Crippen molar-refractivity contribution in [1.82, 2.24) is 0 Å². The maximum atomic E-state index is 12.5. The number of phenolic OH excluding ortho intramolecular Hbond substituents is 1. The standard InChI is InChI=1S/C33H48O3/c1-15-27(34)36-29-24(17-22(31(6,7)8)19-26(29)33(12,13)14)20(2)23-16-21(30(3,4)5)18-25(28(23)35)32(9,10)11/h15-20,35H,1H2,2-14H3. The van der Waals surface area contributed by atoms with E-state index in [0.717, 1.165) is 27.8 Å². The van der Waals surface area contributed by atoms with E-state index in [1.54, 1.807) is 0 Å². The SMILES string of the molecule is C=CC(=O)Oc1c(C(C)c2cc(C(C)(C)C)cc(C(C)(C)C)c2O)cc(C(C)(C)C)cc1C(C)(C)C. The summed E-state index contributed by atoms with van der Waals surface area (Å²) in [4.78, 5) is 12.5. The third kappa shape index (κ3) is 6.41. The lowest BCUT2D eigenvalue weighted by atomic mass is 9.74. The molecule has 198 valence electrons. The number of benzene rings is 2. The Morgan fingerprint density at radius 2 is 1.17 bits per heavy atom. The van der Waals surface area contributed by atoms with Crippen LogP contribution >= 0.6 is 0 Å².